The molecular formula is C27H34N6O2S2. The maximum atomic E-state index is 13.6. The number of H-pyrrole nitrogens is 1. The van der Waals surface area contributed by atoms with Crippen LogP contribution < -0.4 is 14.9 Å². The number of hydrogen-bond donors (Lipinski definition) is 3. The fraction of sp³-hybridized carbons (Fsp3) is 0.407. The molecule has 3 N–H and O–H groups in total. The Labute approximate surface area is 224 Å². The van der Waals surface area contributed by atoms with Gasteiger partial charge in [-0.2, -0.15) is 0 Å². The summed E-state index contributed by atoms with van der Waals surface area (Å²) in [5, 5.41) is 7.92. The molecule has 2 fully saturated rings. The van der Waals surface area contributed by atoms with Crippen LogP contribution in [0, 0.1) is 0 Å². The fourth-order valence-electron chi connectivity index (χ4n) is 5.17. The third kappa shape index (κ3) is 5.97. The monoisotopic (exact) mass is 538 g/mol. The molecule has 2 heterocycles. The number of nitrogens with zero attached hydrogens (tertiary/aromatic N) is 3. The lowest BCUT2D eigenvalue weighted by molar-refractivity contribution is 0.252. The van der Waals surface area contributed by atoms with Crippen molar-refractivity contribution in [1.82, 2.24) is 25.5 Å². The second-order valence-electron chi connectivity index (χ2n) is 9.69. The molecule has 1 aliphatic heterocycles. The predicted molar refractivity (Wildman–Crippen MR) is 150 cm³/mol. The highest BCUT2D eigenvalue weighted by molar-refractivity contribution is 7.92. The van der Waals surface area contributed by atoms with E-state index in [9.17, 15) is 8.42 Å². The summed E-state index contributed by atoms with van der Waals surface area (Å²) in [4.78, 5) is 9.61. The van der Waals surface area contributed by atoms with E-state index in [0.717, 1.165) is 30.3 Å². The van der Waals surface area contributed by atoms with Gasteiger partial charge in [0.15, 0.2) is 5.11 Å². The van der Waals surface area contributed by atoms with Crippen LogP contribution in [0.3, 0.4) is 0 Å². The van der Waals surface area contributed by atoms with Crippen molar-refractivity contribution in [1.29, 1.82) is 0 Å². The first-order chi connectivity index (χ1) is 18.0. The number of benzene rings is 2. The van der Waals surface area contributed by atoms with E-state index in [2.05, 4.69) is 25.5 Å². The third-order valence-corrected chi connectivity index (χ3v) is 9.34. The maximum Gasteiger partial charge on any atom is 0.264 e. The molecule has 1 saturated heterocycles. The van der Waals surface area contributed by atoms with Gasteiger partial charge in [0, 0.05) is 31.9 Å². The summed E-state index contributed by atoms with van der Waals surface area (Å²) in [6, 6.07) is 16.9. The van der Waals surface area contributed by atoms with Gasteiger partial charge in [0.2, 0.25) is 0 Å². The molecule has 0 amide bonds. The first-order valence-electron chi connectivity index (χ1n) is 13.0. The molecule has 3 aromatic rings. The molecule has 0 radical (unpaired) electrons. The van der Waals surface area contributed by atoms with Gasteiger partial charge >= 0.3 is 0 Å². The van der Waals surface area contributed by atoms with E-state index < -0.39 is 10.0 Å². The van der Waals surface area contributed by atoms with Crippen LogP contribution in [0.1, 0.15) is 49.4 Å². The Morgan fingerprint density at radius 2 is 1.84 bits per heavy atom. The Balaban J connectivity index is 1.38. The first kappa shape index (κ1) is 25.7. The summed E-state index contributed by atoms with van der Waals surface area (Å²) < 4.78 is 28.7. The van der Waals surface area contributed by atoms with E-state index >= 15 is 0 Å². The van der Waals surface area contributed by atoms with E-state index in [-0.39, 0.29) is 17.5 Å². The zero-order valence-corrected chi connectivity index (χ0v) is 22.5. The van der Waals surface area contributed by atoms with Gasteiger partial charge in [-0.3, -0.25) is 4.31 Å². The SMILES string of the molecule is O=S(=O)(c1ccccc1)N(Cc1cnc[nH]1)c1ccc(C2CNCCN2C(=S)NC2CCCCC2)cc1. The van der Waals surface area contributed by atoms with Crippen molar-refractivity contribution in [2.24, 2.45) is 0 Å². The highest BCUT2D eigenvalue weighted by Crippen LogP contribution is 2.29. The van der Waals surface area contributed by atoms with E-state index in [1.54, 1.807) is 36.8 Å². The molecule has 5 rings (SSSR count). The quantitative estimate of drug-likeness (QED) is 0.392. The average molecular weight is 539 g/mol. The Morgan fingerprint density at radius 1 is 1.08 bits per heavy atom. The summed E-state index contributed by atoms with van der Waals surface area (Å²) in [5.74, 6) is 0. The van der Waals surface area contributed by atoms with Gasteiger partial charge in [-0.25, -0.2) is 13.4 Å². The Hall–Kier alpha value is -2.95. The Morgan fingerprint density at radius 3 is 2.54 bits per heavy atom. The van der Waals surface area contributed by atoms with Crippen LogP contribution in [0.4, 0.5) is 5.69 Å². The molecule has 37 heavy (non-hydrogen) atoms. The van der Waals surface area contributed by atoms with Crippen molar-refractivity contribution in [3.8, 4) is 0 Å². The lowest BCUT2D eigenvalue weighted by atomic mass is 9.95. The van der Waals surface area contributed by atoms with Crippen LogP contribution in [0.25, 0.3) is 0 Å². The Kier molecular flexibility index (Phi) is 8.07. The van der Waals surface area contributed by atoms with Crippen LogP contribution in [0.15, 0.2) is 72.0 Å². The molecule has 8 nitrogen and oxygen atoms in total. The number of sulfonamides is 1. The second-order valence-corrected chi connectivity index (χ2v) is 11.9. The highest BCUT2D eigenvalue weighted by Gasteiger charge is 2.29. The Bertz CT molecular complexity index is 1260. The van der Waals surface area contributed by atoms with Crippen molar-refractivity contribution in [3.05, 3.63) is 78.4 Å². The molecule has 1 aromatic heterocycles. The highest BCUT2D eigenvalue weighted by atomic mass is 32.2. The smallest absolute Gasteiger partial charge is 0.264 e. The molecule has 1 unspecified atom stereocenters. The summed E-state index contributed by atoms with van der Waals surface area (Å²) in [7, 11) is -3.78. The van der Waals surface area contributed by atoms with Crippen molar-refractivity contribution in [3.63, 3.8) is 0 Å². The normalized spacial score (nSPS) is 18.9. The number of aromatic amines is 1. The van der Waals surface area contributed by atoms with Crippen LogP contribution in [-0.4, -0.2) is 54.1 Å². The van der Waals surface area contributed by atoms with Gasteiger partial charge in [-0.15, -0.1) is 0 Å². The van der Waals surface area contributed by atoms with Gasteiger partial charge in [0.05, 0.1) is 35.2 Å². The fourth-order valence-corrected chi connectivity index (χ4v) is 7.02. The number of thiocarbonyl (C=S) groups is 1. The number of nitrogens with one attached hydrogen (secondary N) is 3. The van der Waals surface area contributed by atoms with Crippen molar-refractivity contribution in [2.75, 3.05) is 23.9 Å². The molecule has 2 aliphatic rings. The van der Waals surface area contributed by atoms with Crippen LogP contribution in [0.2, 0.25) is 0 Å². The zero-order valence-electron chi connectivity index (χ0n) is 20.8. The number of imidazole rings is 1. The van der Waals surface area contributed by atoms with E-state index in [4.69, 9.17) is 12.2 Å². The number of hydrogen-bond acceptors (Lipinski definition) is 5. The maximum absolute atomic E-state index is 13.6. The van der Waals surface area contributed by atoms with Crippen molar-refractivity contribution in [2.45, 2.75) is 55.6 Å². The summed E-state index contributed by atoms with van der Waals surface area (Å²) in [6.07, 6.45) is 9.38. The minimum absolute atomic E-state index is 0.0816. The third-order valence-electron chi connectivity index (χ3n) is 7.20. The van der Waals surface area contributed by atoms with Crippen molar-refractivity contribution < 1.29 is 8.42 Å². The first-order valence-corrected chi connectivity index (χ1v) is 14.8. The lowest BCUT2D eigenvalue weighted by Gasteiger charge is -2.40. The topological polar surface area (TPSA) is 93.4 Å². The van der Waals surface area contributed by atoms with Gasteiger partial charge in [-0.1, -0.05) is 49.6 Å². The van der Waals surface area contributed by atoms with E-state index in [0.29, 0.717) is 17.4 Å². The average Bonchev–Trinajstić information content (AvgIpc) is 3.46. The molecule has 2 aromatic carbocycles. The number of aromatic nitrogens is 2. The van der Waals surface area contributed by atoms with Gasteiger partial charge in [0.1, 0.15) is 0 Å². The van der Waals surface area contributed by atoms with Crippen LogP contribution in [-0.2, 0) is 16.6 Å². The molecular weight excluding hydrogens is 504 g/mol. The van der Waals surface area contributed by atoms with Gasteiger partial charge in [-0.05, 0) is 54.9 Å². The predicted octanol–water partition coefficient (Wildman–Crippen LogP) is 3.96. The number of anilines is 1. The summed E-state index contributed by atoms with van der Waals surface area (Å²) in [5.41, 5.74) is 2.41. The number of piperazine rings is 1. The summed E-state index contributed by atoms with van der Waals surface area (Å²) in [6.45, 7) is 2.66. The lowest BCUT2D eigenvalue weighted by Crippen LogP contribution is -2.53. The van der Waals surface area contributed by atoms with Crippen LogP contribution in [0.5, 0.6) is 0 Å². The van der Waals surface area contributed by atoms with E-state index in [1.807, 2.05) is 30.3 Å². The zero-order chi connectivity index (χ0) is 25.7. The van der Waals surface area contributed by atoms with E-state index in [1.165, 1.54) is 36.4 Å². The molecule has 196 valence electrons. The van der Waals surface area contributed by atoms with Crippen molar-refractivity contribution >= 4 is 33.0 Å². The second kappa shape index (κ2) is 11.6. The minimum Gasteiger partial charge on any atom is -0.360 e. The molecule has 1 aliphatic carbocycles. The molecule has 0 spiro atoms. The van der Waals surface area contributed by atoms with Crippen LogP contribution >= 0.6 is 12.2 Å². The van der Waals surface area contributed by atoms with Gasteiger partial charge < -0.3 is 20.5 Å². The molecule has 1 saturated carbocycles. The minimum atomic E-state index is -3.78. The molecule has 10 heteroatoms. The summed E-state index contributed by atoms with van der Waals surface area (Å²) >= 11 is 5.86. The molecule has 1 atom stereocenters. The molecule has 0 bridgehead atoms. The number of rotatable bonds is 7. The largest absolute Gasteiger partial charge is 0.360 e. The van der Waals surface area contributed by atoms with Gasteiger partial charge in [0.25, 0.3) is 10.0 Å². The standard InChI is InChI=1S/C27H34N6O2S2/c34-37(35,25-9-5-2-6-10-25)33(19-23-17-29-20-30-23)24-13-11-21(12-14-24)26-18-28-15-16-32(26)27(36)31-22-7-3-1-4-8-22/h2,5-6,9-14,17,20,22,26,28H,1,3-4,7-8,15-16,18-19H2,(H,29,30)(H,31,36).